The van der Waals surface area contributed by atoms with Gasteiger partial charge in [-0.2, -0.15) is 0 Å². The molecule has 4 nitrogen and oxygen atoms in total. The van der Waals surface area contributed by atoms with Gasteiger partial charge in [-0.3, -0.25) is 0 Å². The summed E-state index contributed by atoms with van der Waals surface area (Å²) in [7, 11) is 0. The Morgan fingerprint density at radius 3 is 2.73 bits per heavy atom. The summed E-state index contributed by atoms with van der Waals surface area (Å²) in [6.45, 7) is 2.85. The van der Waals surface area contributed by atoms with Gasteiger partial charge < -0.3 is 15.2 Å². The van der Waals surface area contributed by atoms with Gasteiger partial charge in [0, 0.05) is 12.6 Å². The third kappa shape index (κ3) is 3.05. The second kappa shape index (κ2) is 4.54. The molecule has 11 heavy (non-hydrogen) atoms. The number of halogens is 1. The average Bonchev–Trinajstić information content (AvgIpc) is 1.88. The molecule has 66 valence electrons. The van der Waals surface area contributed by atoms with Gasteiger partial charge >= 0.3 is 5.97 Å². The SMILES string of the molecule is C[C@H]1CO[C@H](C(=O)O)CN1.Cl. The molecule has 1 rings (SSSR count). The Bertz CT molecular complexity index is 134. The van der Waals surface area contributed by atoms with Gasteiger partial charge in [0.05, 0.1) is 6.61 Å². The smallest absolute Gasteiger partial charge is 0.334 e. The van der Waals surface area contributed by atoms with E-state index in [9.17, 15) is 4.79 Å². The van der Waals surface area contributed by atoms with Gasteiger partial charge in [0.25, 0.3) is 0 Å². The van der Waals surface area contributed by atoms with Crippen LogP contribution in [0.25, 0.3) is 0 Å². The van der Waals surface area contributed by atoms with Crippen LogP contribution in [0.15, 0.2) is 0 Å². The van der Waals surface area contributed by atoms with E-state index >= 15 is 0 Å². The highest BCUT2D eigenvalue weighted by Gasteiger charge is 2.23. The van der Waals surface area contributed by atoms with Gasteiger partial charge in [0.1, 0.15) is 0 Å². The van der Waals surface area contributed by atoms with Crippen LogP contribution < -0.4 is 5.32 Å². The number of carboxylic acid groups (broad SMARTS) is 1. The predicted octanol–water partition coefficient (Wildman–Crippen LogP) is -0.130. The third-order valence-corrected chi connectivity index (χ3v) is 1.47. The summed E-state index contributed by atoms with van der Waals surface area (Å²) in [5.74, 6) is -0.889. The molecule has 1 aliphatic rings. The van der Waals surface area contributed by atoms with E-state index in [4.69, 9.17) is 9.84 Å². The van der Waals surface area contributed by atoms with Crippen molar-refractivity contribution in [2.45, 2.75) is 19.1 Å². The summed E-state index contributed by atoms with van der Waals surface area (Å²) in [5.41, 5.74) is 0. The van der Waals surface area contributed by atoms with Crippen LogP contribution in [0.3, 0.4) is 0 Å². The standard InChI is InChI=1S/C6H11NO3.ClH/c1-4-3-10-5(2-7-4)6(8)9;/h4-5,7H,2-3H2,1H3,(H,8,9);1H/t4-,5-;/m0./s1. The molecule has 1 heterocycles. The molecule has 0 aromatic heterocycles. The molecule has 1 aliphatic heterocycles. The van der Waals surface area contributed by atoms with E-state index in [1.807, 2.05) is 6.92 Å². The Hall–Kier alpha value is -0.320. The molecule has 1 fully saturated rings. The van der Waals surface area contributed by atoms with E-state index in [1.165, 1.54) is 0 Å². The highest BCUT2D eigenvalue weighted by molar-refractivity contribution is 5.85. The molecule has 0 spiro atoms. The zero-order valence-corrected chi connectivity index (χ0v) is 7.06. The van der Waals surface area contributed by atoms with Gasteiger partial charge in [0.15, 0.2) is 6.10 Å². The minimum absolute atomic E-state index is 0. The van der Waals surface area contributed by atoms with E-state index in [-0.39, 0.29) is 18.4 Å². The molecule has 0 aromatic rings. The quantitative estimate of drug-likeness (QED) is 0.592. The lowest BCUT2D eigenvalue weighted by Gasteiger charge is -2.25. The molecule has 0 unspecified atom stereocenters. The van der Waals surface area contributed by atoms with E-state index in [0.717, 1.165) is 0 Å². The fraction of sp³-hybridized carbons (Fsp3) is 0.833. The fourth-order valence-corrected chi connectivity index (χ4v) is 0.845. The molecule has 0 bridgehead atoms. The van der Waals surface area contributed by atoms with Crippen LogP contribution in [0.1, 0.15) is 6.92 Å². The van der Waals surface area contributed by atoms with Crippen molar-refractivity contribution in [2.75, 3.05) is 13.2 Å². The lowest BCUT2D eigenvalue weighted by molar-refractivity contribution is -0.152. The fourth-order valence-electron chi connectivity index (χ4n) is 0.845. The predicted molar refractivity (Wildman–Crippen MR) is 42.1 cm³/mol. The summed E-state index contributed by atoms with van der Waals surface area (Å²) < 4.78 is 4.99. The van der Waals surface area contributed by atoms with Crippen molar-refractivity contribution in [2.24, 2.45) is 0 Å². The Kier molecular flexibility index (Phi) is 4.40. The van der Waals surface area contributed by atoms with E-state index in [2.05, 4.69) is 5.32 Å². The second-order valence-electron chi connectivity index (χ2n) is 2.47. The minimum Gasteiger partial charge on any atom is -0.479 e. The van der Waals surface area contributed by atoms with Gasteiger partial charge in [0.2, 0.25) is 0 Å². The van der Waals surface area contributed by atoms with Crippen LogP contribution in [-0.4, -0.2) is 36.4 Å². The van der Waals surface area contributed by atoms with E-state index in [0.29, 0.717) is 13.2 Å². The number of carboxylic acids is 1. The summed E-state index contributed by atoms with van der Waals surface area (Å²) >= 11 is 0. The van der Waals surface area contributed by atoms with Gasteiger partial charge in [-0.25, -0.2) is 4.79 Å². The van der Waals surface area contributed by atoms with E-state index < -0.39 is 12.1 Å². The lowest BCUT2D eigenvalue weighted by Crippen LogP contribution is -2.47. The van der Waals surface area contributed by atoms with Crippen molar-refractivity contribution in [1.29, 1.82) is 0 Å². The van der Waals surface area contributed by atoms with Crippen molar-refractivity contribution in [3.8, 4) is 0 Å². The van der Waals surface area contributed by atoms with Crippen molar-refractivity contribution in [3.05, 3.63) is 0 Å². The molecule has 0 radical (unpaired) electrons. The maximum atomic E-state index is 10.3. The summed E-state index contributed by atoms with van der Waals surface area (Å²) in [5, 5.41) is 11.5. The number of ether oxygens (including phenoxy) is 1. The lowest BCUT2D eigenvalue weighted by atomic mass is 10.2. The summed E-state index contributed by atoms with van der Waals surface area (Å²) in [6.07, 6.45) is -0.656. The van der Waals surface area contributed by atoms with Crippen molar-refractivity contribution in [1.82, 2.24) is 5.32 Å². The van der Waals surface area contributed by atoms with Crippen molar-refractivity contribution in [3.63, 3.8) is 0 Å². The molecule has 0 saturated carbocycles. The third-order valence-electron chi connectivity index (χ3n) is 1.47. The molecule has 5 heteroatoms. The first-order chi connectivity index (χ1) is 4.70. The van der Waals surface area contributed by atoms with Crippen LogP contribution in [-0.2, 0) is 9.53 Å². The number of rotatable bonds is 1. The van der Waals surface area contributed by atoms with Crippen LogP contribution in [0.2, 0.25) is 0 Å². The zero-order chi connectivity index (χ0) is 7.56. The number of hydrogen-bond acceptors (Lipinski definition) is 3. The first-order valence-electron chi connectivity index (χ1n) is 3.28. The monoisotopic (exact) mass is 181 g/mol. The molecular weight excluding hydrogens is 170 g/mol. The minimum atomic E-state index is -0.889. The van der Waals surface area contributed by atoms with Crippen LogP contribution in [0, 0.1) is 0 Å². The number of morpholine rings is 1. The molecule has 1 saturated heterocycles. The van der Waals surface area contributed by atoms with Gasteiger partial charge in [-0.05, 0) is 6.92 Å². The van der Waals surface area contributed by atoms with Crippen molar-refractivity contribution >= 4 is 18.4 Å². The number of nitrogens with one attached hydrogen (secondary N) is 1. The molecular formula is C6H12ClNO3. The highest BCUT2D eigenvalue weighted by atomic mass is 35.5. The Labute approximate surface area is 71.3 Å². The first-order valence-corrected chi connectivity index (χ1v) is 3.28. The summed E-state index contributed by atoms with van der Waals surface area (Å²) in [6, 6.07) is 0.274. The largest absolute Gasteiger partial charge is 0.479 e. The normalized spacial score (nSPS) is 30.6. The average molecular weight is 182 g/mol. The van der Waals surface area contributed by atoms with Crippen molar-refractivity contribution < 1.29 is 14.6 Å². The Morgan fingerprint density at radius 2 is 2.36 bits per heavy atom. The molecule has 0 aliphatic carbocycles. The van der Waals surface area contributed by atoms with Crippen LogP contribution >= 0.6 is 12.4 Å². The topological polar surface area (TPSA) is 58.6 Å². The molecule has 0 aromatic carbocycles. The van der Waals surface area contributed by atoms with Gasteiger partial charge in [-0.15, -0.1) is 12.4 Å². The Balaban J connectivity index is 0.000001000. The highest BCUT2D eigenvalue weighted by Crippen LogP contribution is 1.99. The summed E-state index contributed by atoms with van der Waals surface area (Å²) in [4.78, 5) is 10.3. The maximum Gasteiger partial charge on any atom is 0.334 e. The second-order valence-corrected chi connectivity index (χ2v) is 2.47. The Morgan fingerprint density at radius 1 is 1.73 bits per heavy atom. The number of carbonyl (C=O) groups is 1. The van der Waals surface area contributed by atoms with E-state index in [1.54, 1.807) is 0 Å². The molecule has 2 atom stereocenters. The van der Waals surface area contributed by atoms with Gasteiger partial charge in [-0.1, -0.05) is 0 Å². The number of hydrogen-bond donors (Lipinski definition) is 2. The number of aliphatic carboxylic acids is 1. The van der Waals surface area contributed by atoms with Crippen LogP contribution in [0.4, 0.5) is 0 Å². The molecule has 0 amide bonds. The van der Waals surface area contributed by atoms with Crippen LogP contribution in [0.5, 0.6) is 0 Å². The zero-order valence-electron chi connectivity index (χ0n) is 6.24. The first kappa shape index (κ1) is 10.7. The maximum absolute atomic E-state index is 10.3. The molecule has 2 N–H and O–H groups in total.